The van der Waals surface area contributed by atoms with Crippen molar-refractivity contribution in [2.24, 2.45) is 5.41 Å². The molecule has 1 aliphatic rings. The summed E-state index contributed by atoms with van der Waals surface area (Å²) in [7, 11) is 1.85. The minimum absolute atomic E-state index is 0.270. The number of rotatable bonds is 4. The minimum atomic E-state index is -0.566. The first-order valence-corrected chi connectivity index (χ1v) is 6.84. The maximum atomic E-state index is 12.4. The SMILES string of the molecule is CCC(C)(C)C(=O)C(=O)N1CCCCC1(C)NC. The number of ketones is 1. The molecule has 0 aromatic carbocycles. The Morgan fingerprint density at radius 1 is 1.33 bits per heavy atom. The van der Waals surface area contributed by atoms with Crippen LogP contribution in [0.3, 0.4) is 0 Å². The average Bonchev–Trinajstić information content (AvgIpc) is 2.37. The third-order valence-corrected chi connectivity index (χ3v) is 4.37. The zero-order chi connectivity index (χ0) is 14.0. The molecule has 1 rings (SSSR count). The number of likely N-dealkylation sites (tertiary alicyclic amines) is 1. The summed E-state index contributed by atoms with van der Waals surface area (Å²) in [5, 5.41) is 3.19. The molecule has 4 nitrogen and oxygen atoms in total. The van der Waals surface area contributed by atoms with Gasteiger partial charge in [-0.25, -0.2) is 0 Å². The van der Waals surface area contributed by atoms with E-state index in [4.69, 9.17) is 0 Å². The van der Waals surface area contributed by atoms with Gasteiger partial charge in [-0.3, -0.25) is 14.9 Å². The molecule has 104 valence electrons. The number of amides is 1. The summed E-state index contributed by atoms with van der Waals surface area (Å²) in [6.45, 7) is 8.29. The number of hydrogen-bond donors (Lipinski definition) is 1. The van der Waals surface area contributed by atoms with Crippen LogP contribution in [0.4, 0.5) is 0 Å². The highest BCUT2D eigenvalue weighted by atomic mass is 16.2. The molecule has 0 aliphatic carbocycles. The normalized spacial score (nSPS) is 25.1. The molecule has 0 aromatic rings. The third kappa shape index (κ3) is 2.74. The van der Waals surface area contributed by atoms with E-state index in [-0.39, 0.29) is 17.4 Å². The van der Waals surface area contributed by atoms with Gasteiger partial charge in [0.05, 0.1) is 5.66 Å². The number of nitrogens with one attached hydrogen (secondary N) is 1. The van der Waals surface area contributed by atoms with Crippen molar-refractivity contribution in [2.75, 3.05) is 13.6 Å². The molecule has 1 amide bonds. The van der Waals surface area contributed by atoms with Crippen molar-refractivity contribution in [3.63, 3.8) is 0 Å². The molecular formula is C14H26N2O2. The summed E-state index contributed by atoms with van der Waals surface area (Å²) >= 11 is 0. The lowest BCUT2D eigenvalue weighted by Crippen LogP contribution is -2.62. The summed E-state index contributed by atoms with van der Waals surface area (Å²) in [6.07, 6.45) is 3.64. The molecule has 1 N–H and O–H groups in total. The van der Waals surface area contributed by atoms with E-state index in [1.165, 1.54) is 0 Å². The highest BCUT2D eigenvalue weighted by Crippen LogP contribution is 2.28. The molecule has 4 heteroatoms. The molecule has 0 bridgehead atoms. The maximum absolute atomic E-state index is 12.4. The Bertz CT molecular complexity index is 339. The second-order valence-electron chi connectivity index (χ2n) is 6.00. The van der Waals surface area contributed by atoms with Gasteiger partial charge in [-0.05, 0) is 39.7 Å². The first-order valence-electron chi connectivity index (χ1n) is 6.84. The van der Waals surface area contributed by atoms with Gasteiger partial charge in [0.15, 0.2) is 0 Å². The van der Waals surface area contributed by atoms with E-state index in [1.807, 2.05) is 34.7 Å². The molecule has 1 fully saturated rings. The van der Waals surface area contributed by atoms with Gasteiger partial charge < -0.3 is 4.90 Å². The van der Waals surface area contributed by atoms with Gasteiger partial charge >= 0.3 is 0 Å². The number of carbonyl (C=O) groups excluding carboxylic acids is 2. The van der Waals surface area contributed by atoms with E-state index in [1.54, 1.807) is 4.90 Å². The maximum Gasteiger partial charge on any atom is 0.291 e. The second-order valence-corrected chi connectivity index (χ2v) is 6.00. The van der Waals surface area contributed by atoms with Crippen LogP contribution < -0.4 is 5.32 Å². The van der Waals surface area contributed by atoms with Crippen LogP contribution in [0.5, 0.6) is 0 Å². The molecule has 1 heterocycles. The minimum Gasteiger partial charge on any atom is -0.318 e. The number of piperidine rings is 1. The van der Waals surface area contributed by atoms with Crippen molar-refractivity contribution in [1.29, 1.82) is 0 Å². The quantitative estimate of drug-likeness (QED) is 0.780. The second kappa shape index (κ2) is 5.39. The van der Waals surface area contributed by atoms with Crippen molar-refractivity contribution in [3.8, 4) is 0 Å². The largest absolute Gasteiger partial charge is 0.318 e. The van der Waals surface area contributed by atoms with Crippen LogP contribution >= 0.6 is 0 Å². The molecule has 0 saturated carbocycles. The number of carbonyl (C=O) groups is 2. The predicted octanol–water partition coefficient (Wildman–Crippen LogP) is 1.94. The molecule has 0 spiro atoms. The van der Waals surface area contributed by atoms with Crippen LogP contribution in [0.1, 0.15) is 53.4 Å². The fourth-order valence-corrected chi connectivity index (χ4v) is 2.28. The fourth-order valence-electron chi connectivity index (χ4n) is 2.28. The molecule has 1 atom stereocenters. The molecular weight excluding hydrogens is 228 g/mol. The van der Waals surface area contributed by atoms with E-state index in [2.05, 4.69) is 5.32 Å². The van der Waals surface area contributed by atoms with Crippen molar-refractivity contribution >= 4 is 11.7 Å². The van der Waals surface area contributed by atoms with E-state index in [0.29, 0.717) is 13.0 Å². The van der Waals surface area contributed by atoms with Crippen LogP contribution in [0, 0.1) is 5.41 Å². The molecule has 0 aromatic heterocycles. The van der Waals surface area contributed by atoms with Gasteiger partial charge in [-0.1, -0.05) is 20.8 Å². The Hall–Kier alpha value is -0.900. The Morgan fingerprint density at radius 3 is 2.44 bits per heavy atom. The summed E-state index contributed by atoms with van der Waals surface area (Å²) in [5.74, 6) is -0.605. The lowest BCUT2D eigenvalue weighted by atomic mass is 9.83. The lowest BCUT2D eigenvalue weighted by Gasteiger charge is -2.45. The first kappa shape index (κ1) is 15.2. The van der Waals surface area contributed by atoms with Gasteiger partial charge in [0.1, 0.15) is 0 Å². The summed E-state index contributed by atoms with van der Waals surface area (Å²) in [5.41, 5.74) is -0.946. The molecule has 1 aliphatic heterocycles. The summed E-state index contributed by atoms with van der Waals surface area (Å²) < 4.78 is 0. The highest BCUT2D eigenvalue weighted by molar-refractivity contribution is 6.38. The van der Waals surface area contributed by atoms with E-state index in [0.717, 1.165) is 19.3 Å². The number of Topliss-reactive ketones (excluding diaryl/α,β-unsaturated/α-hetero) is 1. The lowest BCUT2D eigenvalue weighted by molar-refractivity contribution is -0.155. The van der Waals surface area contributed by atoms with E-state index >= 15 is 0 Å². The fraction of sp³-hybridized carbons (Fsp3) is 0.857. The van der Waals surface area contributed by atoms with Crippen molar-refractivity contribution < 1.29 is 9.59 Å². The number of hydrogen-bond acceptors (Lipinski definition) is 3. The Morgan fingerprint density at radius 2 is 1.94 bits per heavy atom. The zero-order valence-corrected chi connectivity index (χ0v) is 12.3. The number of nitrogens with zero attached hydrogens (tertiary/aromatic N) is 1. The van der Waals surface area contributed by atoms with Crippen molar-refractivity contribution in [1.82, 2.24) is 10.2 Å². The Kier molecular flexibility index (Phi) is 4.54. The monoisotopic (exact) mass is 254 g/mol. The highest BCUT2D eigenvalue weighted by Gasteiger charge is 2.42. The van der Waals surface area contributed by atoms with Crippen LogP contribution in [0.15, 0.2) is 0 Å². The predicted molar refractivity (Wildman–Crippen MR) is 72.1 cm³/mol. The van der Waals surface area contributed by atoms with Crippen molar-refractivity contribution in [2.45, 2.75) is 59.0 Å². The Labute approximate surface area is 110 Å². The summed E-state index contributed by atoms with van der Waals surface area (Å²) in [6, 6.07) is 0. The zero-order valence-electron chi connectivity index (χ0n) is 12.3. The van der Waals surface area contributed by atoms with Gasteiger partial charge in [-0.2, -0.15) is 0 Å². The molecule has 0 radical (unpaired) electrons. The van der Waals surface area contributed by atoms with Crippen molar-refractivity contribution in [3.05, 3.63) is 0 Å². The first-order chi connectivity index (χ1) is 8.28. The van der Waals surface area contributed by atoms with Crippen LogP contribution in [-0.2, 0) is 9.59 Å². The standard InChI is InChI=1S/C14H26N2O2/c1-6-13(2,3)11(17)12(18)16-10-8-7-9-14(16,4)15-5/h15H,6-10H2,1-5H3. The van der Waals surface area contributed by atoms with Gasteiger partial charge in [0.25, 0.3) is 5.91 Å². The van der Waals surface area contributed by atoms with E-state index < -0.39 is 5.41 Å². The van der Waals surface area contributed by atoms with Gasteiger partial charge in [0, 0.05) is 12.0 Å². The van der Waals surface area contributed by atoms with Crippen LogP contribution in [0.25, 0.3) is 0 Å². The molecule has 1 saturated heterocycles. The van der Waals surface area contributed by atoms with Gasteiger partial charge in [0.2, 0.25) is 5.78 Å². The smallest absolute Gasteiger partial charge is 0.291 e. The molecule has 18 heavy (non-hydrogen) atoms. The Balaban J connectivity index is 2.91. The summed E-state index contributed by atoms with van der Waals surface area (Å²) in [4.78, 5) is 26.4. The average molecular weight is 254 g/mol. The van der Waals surface area contributed by atoms with Crippen LogP contribution in [-0.4, -0.2) is 35.8 Å². The van der Waals surface area contributed by atoms with Gasteiger partial charge in [-0.15, -0.1) is 0 Å². The van der Waals surface area contributed by atoms with E-state index in [9.17, 15) is 9.59 Å². The van der Waals surface area contributed by atoms with Crippen LogP contribution in [0.2, 0.25) is 0 Å². The third-order valence-electron chi connectivity index (χ3n) is 4.37. The topological polar surface area (TPSA) is 49.4 Å². The molecule has 1 unspecified atom stereocenters.